The molecule has 0 bridgehead atoms. The Morgan fingerprint density at radius 2 is 2.11 bits per heavy atom. The Bertz CT molecular complexity index is 413. The van der Waals surface area contributed by atoms with Crippen molar-refractivity contribution in [3.63, 3.8) is 0 Å². The van der Waals surface area contributed by atoms with Crippen molar-refractivity contribution in [2.75, 3.05) is 19.6 Å². The third-order valence-electron chi connectivity index (χ3n) is 3.72. The van der Waals surface area contributed by atoms with Crippen molar-refractivity contribution in [2.24, 2.45) is 5.92 Å². The predicted molar refractivity (Wildman–Crippen MR) is 77.9 cm³/mol. The van der Waals surface area contributed by atoms with Crippen LogP contribution in [0.2, 0.25) is 0 Å². The van der Waals surface area contributed by atoms with Gasteiger partial charge in [-0.1, -0.05) is 36.8 Å². The monoisotopic (exact) mass is 260 g/mol. The molecular weight excluding hydrogens is 236 g/mol. The van der Waals surface area contributed by atoms with Crippen LogP contribution in [0.25, 0.3) is 0 Å². The van der Waals surface area contributed by atoms with Crippen LogP contribution in [0, 0.1) is 12.8 Å². The van der Waals surface area contributed by atoms with Gasteiger partial charge in [0.25, 0.3) is 0 Å². The summed E-state index contributed by atoms with van der Waals surface area (Å²) in [6.45, 7) is 7.61. The molecule has 1 aliphatic heterocycles. The lowest BCUT2D eigenvalue weighted by atomic mass is 10.0. The first-order valence-electron chi connectivity index (χ1n) is 7.18. The molecule has 0 unspecified atom stereocenters. The van der Waals surface area contributed by atoms with Gasteiger partial charge in [0, 0.05) is 13.1 Å². The summed E-state index contributed by atoms with van der Waals surface area (Å²) in [6, 6.07) is 8.29. The van der Waals surface area contributed by atoms with Crippen molar-refractivity contribution in [1.29, 1.82) is 0 Å². The fourth-order valence-corrected chi connectivity index (χ4v) is 2.60. The number of amides is 1. The molecule has 0 radical (unpaired) electrons. The Morgan fingerprint density at radius 3 is 2.79 bits per heavy atom. The molecular formula is C16H24N2O. The zero-order chi connectivity index (χ0) is 13.7. The summed E-state index contributed by atoms with van der Waals surface area (Å²) in [6.07, 6.45) is 2.51. The van der Waals surface area contributed by atoms with Gasteiger partial charge in [-0.25, -0.2) is 0 Å². The Morgan fingerprint density at radius 1 is 1.37 bits per heavy atom. The van der Waals surface area contributed by atoms with Gasteiger partial charge in [0.2, 0.25) is 5.91 Å². The largest absolute Gasteiger partial charge is 0.351 e. The number of hydrogen-bond donors (Lipinski definition) is 1. The van der Waals surface area contributed by atoms with Gasteiger partial charge >= 0.3 is 0 Å². The molecule has 1 aromatic rings. The van der Waals surface area contributed by atoms with Crippen LogP contribution >= 0.6 is 0 Å². The van der Waals surface area contributed by atoms with E-state index in [2.05, 4.69) is 48.3 Å². The maximum atomic E-state index is 11.9. The van der Waals surface area contributed by atoms with Crippen molar-refractivity contribution in [2.45, 2.75) is 33.2 Å². The third-order valence-corrected chi connectivity index (χ3v) is 3.72. The number of rotatable bonds is 4. The SMILES string of the molecule is Cc1ccc(CNC(=O)CN2CCC[C@H](C)C2)cc1. The number of likely N-dealkylation sites (tertiary alicyclic amines) is 1. The molecule has 19 heavy (non-hydrogen) atoms. The van der Waals surface area contributed by atoms with Gasteiger partial charge in [-0.05, 0) is 37.8 Å². The van der Waals surface area contributed by atoms with E-state index < -0.39 is 0 Å². The summed E-state index contributed by atoms with van der Waals surface area (Å²) in [5.74, 6) is 0.855. The lowest BCUT2D eigenvalue weighted by Gasteiger charge is -2.30. The summed E-state index contributed by atoms with van der Waals surface area (Å²) in [7, 11) is 0. The van der Waals surface area contributed by atoms with Crippen LogP contribution in [0.3, 0.4) is 0 Å². The number of benzene rings is 1. The molecule has 2 rings (SSSR count). The van der Waals surface area contributed by atoms with Crippen molar-refractivity contribution >= 4 is 5.91 Å². The summed E-state index contributed by atoms with van der Waals surface area (Å²) < 4.78 is 0. The van der Waals surface area contributed by atoms with Gasteiger partial charge in [0.15, 0.2) is 0 Å². The highest BCUT2D eigenvalue weighted by Crippen LogP contribution is 2.14. The van der Waals surface area contributed by atoms with Crippen LogP contribution in [0.4, 0.5) is 0 Å². The van der Waals surface area contributed by atoms with Gasteiger partial charge in [0.1, 0.15) is 0 Å². The van der Waals surface area contributed by atoms with Gasteiger partial charge in [-0.2, -0.15) is 0 Å². The summed E-state index contributed by atoms with van der Waals surface area (Å²) >= 11 is 0. The van der Waals surface area contributed by atoms with Crippen molar-refractivity contribution in [1.82, 2.24) is 10.2 Å². The highest BCUT2D eigenvalue weighted by molar-refractivity contribution is 5.78. The van der Waals surface area contributed by atoms with Gasteiger partial charge in [-0.15, -0.1) is 0 Å². The fourth-order valence-electron chi connectivity index (χ4n) is 2.60. The molecule has 1 saturated heterocycles. The van der Waals surface area contributed by atoms with Gasteiger partial charge < -0.3 is 5.32 Å². The second-order valence-corrected chi connectivity index (χ2v) is 5.74. The molecule has 1 N–H and O–H groups in total. The number of nitrogens with one attached hydrogen (secondary N) is 1. The second-order valence-electron chi connectivity index (χ2n) is 5.74. The van der Waals surface area contributed by atoms with E-state index in [0.717, 1.165) is 24.6 Å². The molecule has 1 amide bonds. The smallest absolute Gasteiger partial charge is 0.234 e. The highest BCUT2D eigenvalue weighted by Gasteiger charge is 2.18. The minimum Gasteiger partial charge on any atom is -0.351 e. The average Bonchev–Trinajstić information content (AvgIpc) is 2.38. The minimum absolute atomic E-state index is 0.134. The lowest BCUT2D eigenvalue weighted by Crippen LogP contribution is -2.41. The highest BCUT2D eigenvalue weighted by atomic mass is 16.2. The van der Waals surface area contributed by atoms with E-state index in [1.54, 1.807) is 0 Å². The van der Waals surface area contributed by atoms with E-state index >= 15 is 0 Å². The Balaban J connectivity index is 1.73. The molecule has 1 atom stereocenters. The number of piperidine rings is 1. The van der Waals surface area contributed by atoms with Crippen LogP contribution < -0.4 is 5.32 Å². The van der Waals surface area contributed by atoms with E-state index in [-0.39, 0.29) is 5.91 Å². The minimum atomic E-state index is 0.134. The Hall–Kier alpha value is -1.35. The van der Waals surface area contributed by atoms with E-state index in [0.29, 0.717) is 13.1 Å². The Kier molecular flexibility index (Phi) is 4.97. The first-order chi connectivity index (χ1) is 9.13. The molecule has 0 aliphatic carbocycles. The third kappa shape index (κ3) is 4.67. The topological polar surface area (TPSA) is 32.3 Å². The maximum Gasteiger partial charge on any atom is 0.234 e. The molecule has 104 valence electrons. The summed E-state index contributed by atoms with van der Waals surface area (Å²) in [4.78, 5) is 14.2. The van der Waals surface area contributed by atoms with E-state index in [1.165, 1.54) is 18.4 Å². The first-order valence-corrected chi connectivity index (χ1v) is 7.18. The zero-order valence-corrected chi connectivity index (χ0v) is 12.0. The van der Waals surface area contributed by atoms with Crippen LogP contribution in [-0.2, 0) is 11.3 Å². The van der Waals surface area contributed by atoms with E-state index in [4.69, 9.17) is 0 Å². The average molecular weight is 260 g/mol. The van der Waals surface area contributed by atoms with Crippen molar-refractivity contribution in [3.05, 3.63) is 35.4 Å². The number of hydrogen-bond acceptors (Lipinski definition) is 2. The zero-order valence-electron chi connectivity index (χ0n) is 12.0. The van der Waals surface area contributed by atoms with E-state index in [9.17, 15) is 4.79 Å². The van der Waals surface area contributed by atoms with Crippen LogP contribution in [0.5, 0.6) is 0 Å². The van der Waals surface area contributed by atoms with Crippen LogP contribution in [0.15, 0.2) is 24.3 Å². The molecule has 0 spiro atoms. The molecule has 1 aromatic carbocycles. The molecule has 0 saturated carbocycles. The Labute approximate surface area is 116 Å². The normalized spacial score (nSPS) is 20.2. The number of nitrogens with zero attached hydrogens (tertiary/aromatic N) is 1. The summed E-state index contributed by atoms with van der Waals surface area (Å²) in [5.41, 5.74) is 2.41. The second kappa shape index (κ2) is 6.71. The van der Waals surface area contributed by atoms with Crippen LogP contribution in [0.1, 0.15) is 30.9 Å². The molecule has 0 aromatic heterocycles. The standard InChI is InChI=1S/C16H24N2O/c1-13-5-7-15(8-6-13)10-17-16(19)12-18-9-3-4-14(2)11-18/h5-8,14H,3-4,9-12H2,1-2H3,(H,17,19)/t14-/m0/s1. The van der Waals surface area contributed by atoms with Crippen molar-refractivity contribution < 1.29 is 4.79 Å². The molecule has 1 heterocycles. The van der Waals surface area contributed by atoms with Gasteiger partial charge in [-0.3, -0.25) is 9.69 Å². The number of aryl methyl sites for hydroxylation is 1. The fraction of sp³-hybridized carbons (Fsp3) is 0.562. The molecule has 3 nitrogen and oxygen atoms in total. The van der Waals surface area contributed by atoms with E-state index in [1.807, 2.05) is 0 Å². The molecule has 1 fully saturated rings. The number of carbonyl (C=O) groups excluding carboxylic acids is 1. The predicted octanol–water partition coefficient (Wildman–Crippen LogP) is 2.34. The first kappa shape index (κ1) is 14.1. The molecule has 1 aliphatic rings. The quantitative estimate of drug-likeness (QED) is 0.901. The lowest BCUT2D eigenvalue weighted by molar-refractivity contribution is -0.122. The van der Waals surface area contributed by atoms with Gasteiger partial charge in [0.05, 0.1) is 6.54 Å². The summed E-state index contributed by atoms with van der Waals surface area (Å²) in [5, 5.41) is 3.00. The molecule has 3 heteroatoms. The number of carbonyl (C=O) groups is 1. The van der Waals surface area contributed by atoms with Crippen molar-refractivity contribution in [3.8, 4) is 0 Å². The van der Waals surface area contributed by atoms with Crippen LogP contribution in [-0.4, -0.2) is 30.4 Å². The maximum absolute atomic E-state index is 11.9.